The molecule has 0 saturated heterocycles. The number of nitrogens with zero attached hydrogens (tertiary/aromatic N) is 3. The van der Waals surface area contributed by atoms with E-state index in [1.165, 1.54) is 0 Å². The third-order valence-electron chi connectivity index (χ3n) is 4.16. The second kappa shape index (κ2) is 8.37. The number of hydrogen-bond acceptors (Lipinski definition) is 4. The summed E-state index contributed by atoms with van der Waals surface area (Å²) in [6.07, 6.45) is 2.41. The number of aromatic nitrogens is 3. The molecule has 0 saturated carbocycles. The fourth-order valence-corrected chi connectivity index (χ4v) is 3.70. The van der Waals surface area contributed by atoms with Crippen LogP contribution >= 0.6 is 22.9 Å². The molecule has 0 fully saturated rings. The third-order valence-corrected chi connectivity index (χ3v) is 5.29. The Bertz CT molecular complexity index is 1080. The molecule has 1 amide bonds. The molecule has 0 aliphatic carbocycles. The molecule has 1 aromatic carbocycles. The van der Waals surface area contributed by atoms with Crippen LogP contribution in [0.4, 0.5) is 0 Å². The number of thiophene rings is 1. The maximum Gasteiger partial charge on any atom is 0.270 e. The lowest BCUT2D eigenvalue weighted by Gasteiger charge is -2.08. The summed E-state index contributed by atoms with van der Waals surface area (Å²) < 4.78 is 1.64. The highest BCUT2D eigenvalue weighted by atomic mass is 35.5. The van der Waals surface area contributed by atoms with E-state index in [0.29, 0.717) is 23.7 Å². The fourth-order valence-electron chi connectivity index (χ4n) is 2.83. The number of benzene rings is 1. The zero-order chi connectivity index (χ0) is 19.3. The van der Waals surface area contributed by atoms with Crippen LogP contribution in [0.1, 0.15) is 16.2 Å². The first-order valence-corrected chi connectivity index (χ1v) is 10.0. The van der Waals surface area contributed by atoms with Crippen LogP contribution in [0.15, 0.2) is 72.2 Å². The van der Waals surface area contributed by atoms with E-state index in [1.807, 2.05) is 53.9 Å². The van der Waals surface area contributed by atoms with Gasteiger partial charge in [-0.25, -0.2) is 4.68 Å². The van der Waals surface area contributed by atoms with Crippen LogP contribution in [0.2, 0.25) is 5.02 Å². The zero-order valence-corrected chi connectivity index (χ0v) is 16.5. The van der Waals surface area contributed by atoms with Gasteiger partial charge in [0, 0.05) is 29.9 Å². The molecule has 7 heteroatoms. The lowest BCUT2D eigenvalue weighted by atomic mass is 10.2. The highest BCUT2D eigenvalue weighted by Gasteiger charge is 2.18. The van der Waals surface area contributed by atoms with Crippen LogP contribution in [0.25, 0.3) is 16.3 Å². The van der Waals surface area contributed by atoms with E-state index in [4.69, 9.17) is 11.6 Å². The Kier molecular flexibility index (Phi) is 5.50. The lowest BCUT2D eigenvalue weighted by Crippen LogP contribution is -2.28. The van der Waals surface area contributed by atoms with Gasteiger partial charge >= 0.3 is 0 Å². The smallest absolute Gasteiger partial charge is 0.270 e. The zero-order valence-electron chi connectivity index (χ0n) is 14.9. The molecule has 4 aromatic rings. The number of carbonyl (C=O) groups is 1. The molecular weight excluding hydrogens is 392 g/mol. The SMILES string of the molecule is O=C(NCCc1ccccn1)c1cc(-c2cccs2)nn1-c1cccc(Cl)c1. The molecule has 0 spiro atoms. The van der Waals surface area contributed by atoms with Crippen molar-refractivity contribution in [2.75, 3.05) is 6.54 Å². The first-order chi connectivity index (χ1) is 13.7. The van der Waals surface area contributed by atoms with Gasteiger partial charge in [0.25, 0.3) is 5.91 Å². The summed E-state index contributed by atoms with van der Waals surface area (Å²) in [5.41, 5.74) is 2.90. The second-order valence-electron chi connectivity index (χ2n) is 6.11. The van der Waals surface area contributed by atoms with E-state index in [2.05, 4.69) is 15.4 Å². The Morgan fingerprint density at radius 2 is 2.04 bits per heavy atom. The van der Waals surface area contributed by atoms with E-state index in [1.54, 1.807) is 34.3 Å². The summed E-state index contributed by atoms with van der Waals surface area (Å²) in [5.74, 6) is -0.189. The Morgan fingerprint density at radius 1 is 1.11 bits per heavy atom. The number of amides is 1. The van der Waals surface area contributed by atoms with Gasteiger partial charge in [0.2, 0.25) is 0 Å². The first kappa shape index (κ1) is 18.4. The number of carbonyl (C=O) groups excluding carboxylic acids is 1. The fraction of sp³-hybridized carbons (Fsp3) is 0.0952. The van der Waals surface area contributed by atoms with Crippen LogP contribution < -0.4 is 5.32 Å². The van der Waals surface area contributed by atoms with E-state index in [9.17, 15) is 4.79 Å². The molecule has 0 radical (unpaired) electrons. The molecule has 140 valence electrons. The van der Waals surface area contributed by atoms with Crippen molar-refractivity contribution >= 4 is 28.8 Å². The predicted octanol–water partition coefficient (Wildman–Crippen LogP) is 4.62. The number of pyridine rings is 1. The topological polar surface area (TPSA) is 59.8 Å². The number of rotatable bonds is 6. The van der Waals surface area contributed by atoms with Crippen molar-refractivity contribution in [3.63, 3.8) is 0 Å². The first-order valence-electron chi connectivity index (χ1n) is 8.79. The molecule has 0 bridgehead atoms. The highest BCUT2D eigenvalue weighted by Crippen LogP contribution is 2.26. The molecule has 0 aliphatic rings. The van der Waals surface area contributed by atoms with Crippen molar-refractivity contribution in [1.29, 1.82) is 0 Å². The Balaban J connectivity index is 1.60. The van der Waals surface area contributed by atoms with Gasteiger partial charge in [-0.1, -0.05) is 29.8 Å². The number of nitrogens with one attached hydrogen (secondary N) is 1. The minimum Gasteiger partial charge on any atom is -0.350 e. The Labute approximate surface area is 171 Å². The standard InChI is InChI=1S/C21H17ClN4OS/c22-15-5-3-7-17(13-15)26-19(14-18(25-26)20-8-4-12-28-20)21(27)24-11-9-16-6-1-2-10-23-16/h1-8,10,12-14H,9,11H2,(H,24,27). The molecule has 0 unspecified atom stereocenters. The van der Waals surface area contributed by atoms with Gasteiger partial charge in [-0.05, 0) is 47.8 Å². The predicted molar refractivity (Wildman–Crippen MR) is 112 cm³/mol. The molecule has 3 heterocycles. The summed E-state index contributed by atoms with van der Waals surface area (Å²) in [5, 5.41) is 10.2. The summed E-state index contributed by atoms with van der Waals surface area (Å²) >= 11 is 7.72. The maximum atomic E-state index is 12.9. The quantitative estimate of drug-likeness (QED) is 0.506. The summed E-state index contributed by atoms with van der Waals surface area (Å²) in [7, 11) is 0. The highest BCUT2D eigenvalue weighted by molar-refractivity contribution is 7.13. The average Bonchev–Trinajstić information content (AvgIpc) is 3.38. The molecule has 5 nitrogen and oxygen atoms in total. The molecule has 0 atom stereocenters. The largest absolute Gasteiger partial charge is 0.350 e. The summed E-state index contributed by atoms with van der Waals surface area (Å²) in [6, 6.07) is 18.8. The van der Waals surface area contributed by atoms with Crippen molar-refractivity contribution in [1.82, 2.24) is 20.1 Å². The van der Waals surface area contributed by atoms with E-state index >= 15 is 0 Å². The monoisotopic (exact) mass is 408 g/mol. The van der Waals surface area contributed by atoms with Crippen molar-refractivity contribution in [3.8, 4) is 16.3 Å². The van der Waals surface area contributed by atoms with Gasteiger partial charge in [-0.3, -0.25) is 9.78 Å². The summed E-state index contributed by atoms with van der Waals surface area (Å²) in [4.78, 5) is 18.2. The normalized spacial score (nSPS) is 10.8. The number of hydrogen-bond donors (Lipinski definition) is 1. The van der Waals surface area contributed by atoms with Crippen molar-refractivity contribution in [2.24, 2.45) is 0 Å². The van der Waals surface area contributed by atoms with E-state index < -0.39 is 0 Å². The van der Waals surface area contributed by atoms with E-state index in [0.717, 1.165) is 22.0 Å². The minimum atomic E-state index is -0.189. The van der Waals surface area contributed by atoms with Gasteiger partial charge in [0.15, 0.2) is 0 Å². The molecule has 28 heavy (non-hydrogen) atoms. The van der Waals surface area contributed by atoms with Crippen LogP contribution in [-0.2, 0) is 6.42 Å². The molecular formula is C21H17ClN4OS. The lowest BCUT2D eigenvalue weighted by molar-refractivity contribution is 0.0946. The van der Waals surface area contributed by atoms with Crippen LogP contribution in [0, 0.1) is 0 Å². The van der Waals surface area contributed by atoms with Gasteiger partial charge < -0.3 is 5.32 Å². The maximum absolute atomic E-state index is 12.9. The van der Waals surface area contributed by atoms with E-state index in [-0.39, 0.29) is 5.91 Å². The van der Waals surface area contributed by atoms with Crippen molar-refractivity contribution < 1.29 is 4.79 Å². The van der Waals surface area contributed by atoms with Gasteiger partial charge in [-0.2, -0.15) is 5.10 Å². The third kappa shape index (κ3) is 4.13. The van der Waals surface area contributed by atoms with Crippen LogP contribution in [0.3, 0.4) is 0 Å². The molecule has 3 aromatic heterocycles. The number of halogens is 1. The second-order valence-corrected chi connectivity index (χ2v) is 7.49. The molecule has 1 N–H and O–H groups in total. The minimum absolute atomic E-state index is 0.189. The Morgan fingerprint density at radius 3 is 2.79 bits per heavy atom. The Hall–Kier alpha value is -2.96. The van der Waals surface area contributed by atoms with Gasteiger partial charge in [0.05, 0.1) is 10.6 Å². The van der Waals surface area contributed by atoms with Crippen LogP contribution in [0.5, 0.6) is 0 Å². The average molecular weight is 409 g/mol. The summed E-state index contributed by atoms with van der Waals surface area (Å²) in [6.45, 7) is 0.491. The van der Waals surface area contributed by atoms with Gasteiger partial charge in [0.1, 0.15) is 11.4 Å². The van der Waals surface area contributed by atoms with Gasteiger partial charge in [-0.15, -0.1) is 11.3 Å². The van der Waals surface area contributed by atoms with Crippen molar-refractivity contribution in [3.05, 3.63) is 88.7 Å². The molecule has 4 rings (SSSR count). The van der Waals surface area contributed by atoms with Crippen molar-refractivity contribution in [2.45, 2.75) is 6.42 Å². The van der Waals surface area contributed by atoms with Crippen LogP contribution in [-0.4, -0.2) is 27.2 Å². The molecule has 0 aliphatic heterocycles.